The summed E-state index contributed by atoms with van der Waals surface area (Å²) in [5.41, 5.74) is 5.74. The molecule has 0 saturated heterocycles. The number of hydrogen-bond donors (Lipinski definition) is 0. The van der Waals surface area contributed by atoms with E-state index >= 15 is 0 Å². The number of hydrogen-bond acceptors (Lipinski definition) is 0. The Morgan fingerprint density at radius 2 is 0.794 bits per heavy atom. The van der Waals surface area contributed by atoms with Crippen LogP contribution < -0.4 is 32.9 Å². The first-order valence-corrected chi connectivity index (χ1v) is 13.6. The molecule has 0 fully saturated rings. The molecule has 0 aromatic heterocycles. The molecule has 0 nitrogen and oxygen atoms in total. The lowest BCUT2D eigenvalue weighted by Gasteiger charge is -2.29. The van der Waals surface area contributed by atoms with Crippen LogP contribution in [-0.4, -0.2) is 0 Å². The lowest BCUT2D eigenvalue weighted by molar-refractivity contribution is -0.00000653. The SMILES string of the molecule is Cc1c(C[P+](c2ccccc2)(c2ccccc2)c2ccccc2)c(C)c2ccccc2c1C.[Br-]. The fraction of sp³-hybridized carbons (Fsp3) is 0.125. The van der Waals surface area contributed by atoms with Crippen molar-refractivity contribution in [3.8, 4) is 0 Å². The van der Waals surface area contributed by atoms with Gasteiger partial charge in [0.1, 0.15) is 23.2 Å². The van der Waals surface area contributed by atoms with Crippen LogP contribution in [0.3, 0.4) is 0 Å². The smallest absolute Gasteiger partial charge is 0.116 e. The molecular formula is C32H30BrP. The zero-order valence-electron chi connectivity index (χ0n) is 20.0. The zero-order valence-corrected chi connectivity index (χ0v) is 22.5. The van der Waals surface area contributed by atoms with Gasteiger partial charge in [0.15, 0.2) is 0 Å². The quantitative estimate of drug-likeness (QED) is 0.301. The average molecular weight is 525 g/mol. The highest BCUT2D eigenvalue weighted by molar-refractivity contribution is 7.95. The molecule has 170 valence electrons. The molecule has 0 heterocycles. The van der Waals surface area contributed by atoms with Gasteiger partial charge in [0.25, 0.3) is 0 Å². The lowest BCUT2D eigenvalue weighted by atomic mass is 9.92. The number of halogens is 1. The monoisotopic (exact) mass is 524 g/mol. The molecule has 0 aliphatic carbocycles. The van der Waals surface area contributed by atoms with E-state index in [0.717, 1.165) is 6.16 Å². The van der Waals surface area contributed by atoms with Crippen molar-refractivity contribution in [2.45, 2.75) is 26.9 Å². The van der Waals surface area contributed by atoms with Gasteiger partial charge in [0, 0.05) is 0 Å². The maximum atomic E-state index is 2.34. The molecule has 0 atom stereocenters. The highest BCUT2D eigenvalue weighted by Gasteiger charge is 2.46. The van der Waals surface area contributed by atoms with Crippen molar-refractivity contribution in [3.63, 3.8) is 0 Å². The summed E-state index contributed by atoms with van der Waals surface area (Å²) < 4.78 is 0. The molecule has 0 amide bonds. The summed E-state index contributed by atoms with van der Waals surface area (Å²) in [6.07, 6.45) is 1.02. The molecule has 0 bridgehead atoms. The van der Waals surface area contributed by atoms with E-state index in [1.807, 2.05) is 0 Å². The van der Waals surface area contributed by atoms with E-state index in [-0.39, 0.29) is 17.0 Å². The van der Waals surface area contributed by atoms with Crippen LogP contribution in [0.1, 0.15) is 22.3 Å². The second-order valence-electron chi connectivity index (χ2n) is 8.87. The second kappa shape index (κ2) is 10.3. The standard InChI is InChI=1S/C32H30P.BrH/c1-24-25(2)32(26(3)31-22-14-13-21-30(24)31)23-33(27-15-7-4-8-16-27,28-17-9-5-10-18-28)29-19-11-6-12-20-29;/h4-22H,23H2,1-3H3;1H/q+1;/p-1. The Balaban J connectivity index is 0.00000274. The molecule has 0 radical (unpaired) electrons. The summed E-state index contributed by atoms with van der Waals surface area (Å²) in [5, 5.41) is 7.06. The van der Waals surface area contributed by atoms with Gasteiger partial charge in [-0.05, 0) is 90.2 Å². The van der Waals surface area contributed by atoms with Crippen LogP contribution in [0.2, 0.25) is 0 Å². The predicted octanol–water partition coefficient (Wildman–Crippen LogP) is 4.26. The number of rotatable bonds is 5. The average Bonchev–Trinajstić information content (AvgIpc) is 2.89. The Morgan fingerprint density at radius 1 is 0.441 bits per heavy atom. The largest absolute Gasteiger partial charge is 1.00 e. The van der Waals surface area contributed by atoms with Gasteiger partial charge in [-0.2, -0.15) is 0 Å². The van der Waals surface area contributed by atoms with Crippen molar-refractivity contribution >= 4 is 33.9 Å². The second-order valence-corrected chi connectivity index (χ2v) is 12.4. The Hall–Kier alpha value is -2.73. The molecule has 5 rings (SSSR count). The molecule has 0 N–H and O–H groups in total. The molecule has 0 aliphatic rings. The van der Waals surface area contributed by atoms with E-state index in [1.165, 1.54) is 48.9 Å². The summed E-state index contributed by atoms with van der Waals surface area (Å²) in [7, 11) is -1.93. The fourth-order valence-electron chi connectivity index (χ4n) is 5.25. The summed E-state index contributed by atoms with van der Waals surface area (Å²) in [6, 6.07) is 42.5. The topological polar surface area (TPSA) is 0 Å². The van der Waals surface area contributed by atoms with Crippen LogP contribution in [0, 0.1) is 20.8 Å². The van der Waals surface area contributed by atoms with Gasteiger partial charge in [-0.25, -0.2) is 0 Å². The van der Waals surface area contributed by atoms with Crippen LogP contribution >= 0.6 is 7.26 Å². The first kappa shape index (κ1) is 24.4. The number of fused-ring (bicyclic) bond motifs is 1. The maximum Gasteiger partial charge on any atom is 0.116 e. The minimum atomic E-state index is -1.93. The molecule has 2 heteroatoms. The Bertz CT molecular complexity index is 1300. The number of benzene rings is 5. The van der Waals surface area contributed by atoms with E-state index in [0.29, 0.717) is 0 Å². The van der Waals surface area contributed by atoms with Crippen molar-refractivity contribution < 1.29 is 17.0 Å². The van der Waals surface area contributed by atoms with Gasteiger partial charge in [0.2, 0.25) is 0 Å². The molecule has 5 aromatic carbocycles. The van der Waals surface area contributed by atoms with Gasteiger partial charge in [0.05, 0.1) is 6.16 Å². The van der Waals surface area contributed by atoms with Crippen LogP contribution in [0.5, 0.6) is 0 Å². The van der Waals surface area contributed by atoms with E-state index in [4.69, 9.17) is 0 Å². The molecule has 34 heavy (non-hydrogen) atoms. The summed E-state index contributed by atoms with van der Waals surface area (Å²) >= 11 is 0. The number of aryl methyl sites for hydroxylation is 2. The molecule has 0 saturated carbocycles. The Morgan fingerprint density at radius 3 is 1.21 bits per heavy atom. The molecule has 5 aromatic rings. The third kappa shape index (κ3) is 4.13. The molecule has 0 spiro atoms. The third-order valence-corrected chi connectivity index (χ3v) is 11.5. The van der Waals surface area contributed by atoms with Crippen molar-refractivity contribution in [2.75, 3.05) is 0 Å². The Kier molecular flexibility index (Phi) is 7.36. The fourth-order valence-corrected chi connectivity index (χ4v) is 9.69. The van der Waals surface area contributed by atoms with Crippen molar-refractivity contribution in [1.29, 1.82) is 0 Å². The van der Waals surface area contributed by atoms with Crippen LogP contribution in [0.4, 0.5) is 0 Å². The molecular weight excluding hydrogens is 495 g/mol. The van der Waals surface area contributed by atoms with Crippen molar-refractivity contribution in [1.82, 2.24) is 0 Å². The summed E-state index contributed by atoms with van der Waals surface area (Å²) in [5.74, 6) is 0. The van der Waals surface area contributed by atoms with Crippen LogP contribution in [0.15, 0.2) is 115 Å². The Labute approximate surface area is 214 Å². The first-order valence-electron chi connectivity index (χ1n) is 11.7. The molecule has 0 aliphatic heterocycles. The zero-order chi connectivity index (χ0) is 22.8. The van der Waals surface area contributed by atoms with E-state index in [2.05, 4.69) is 136 Å². The minimum Gasteiger partial charge on any atom is -1.00 e. The predicted molar refractivity (Wildman–Crippen MR) is 147 cm³/mol. The van der Waals surface area contributed by atoms with Crippen molar-refractivity contribution in [2.24, 2.45) is 0 Å². The minimum absolute atomic E-state index is 0. The third-order valence-electron chi connectivity index (χ3n) is 7.19. The van der Waals surface area contributed by atoms with Gasteiger partial charge in [-0.3, -0.25) is 0 Å². The van der Waals surface area contributed by atoms with E-state index < -0.39 is 7.26 Å². The normalized spacial score (nSPS) is 11.3. The van der Waals surface area contributed by atoms with Crippen molar-refractivity contribution in [3.05, 3.63) is 138 Å². The van der Waals surface area contributed by atoms with Gasteiger partial charge >= 0.3 is 0 Å². The highest BCUT2D eigenvalue weighted by atomic mass is 79.9. The van der Waals surface area contributed by atoms with E-state index in [1.54, 1.807) is 0 Å². The summed E-state index contributed by atoms with van der Waals surface area (Å²) in [4.78, 5) is 0. The molecule has 0 unspecified atom stereocenters. The van der Waals surface area contributed by atoms with Gasteiger partial charge in [-0.15, -0.1) is 0 Å². The maximum absolute atomic E-state index is 2.34. The highest BCUT2D eigenvalue weighted by Crippen LogP contribution is 2.59. The summed E-state index contributed by atoms with van der Waals surface area (Å²) in [6.45, 7) is 6.92. The first-order chi connectivity index (χ1) is 16.1. The lowest BCUT2D eigenvalue weighted by Crippen LogP contribution is -3.00. The van der Waals surface area contributed by atoms with Crippen LogP contribution in [0.25, 0.3) is 10.8 Å². The van der Waals surface area contributed by atoms with Gasteiger partial charge < -0.3 is 17.0 Å². The van der Waals surface area contributed by atoms with E-state index in [9.17, 15) is 0 Å². The van der Waals surface area contributed by atoms with Crippen LogP contribution in [-0.2, 0) is 6.16 Å². The van der Waals surface area contributed by atoms with Gasteiger partial charge in [-0.1, -0.05) is 78.9 Å².